The summed E-state index contributed by atoms with van der Waals surface area (Å²) in [5.74, 6) is -0.284. The van der Waals surface area contributed by atoms with Crippen molar-refractivity contribution in [1.82, 2.24) is 15.2 Å². The van der Waals surface area contributed by atoms with Crippen LogP contribution in [-0.4, -0.2) is 31.5 Å². The van der Waals surface area contributed by atoms with Crippen molar-refractivity contribution in [3.8, 4) is 0 Å². The Hall–Kier alpha value is -2.97. The quantitative estimate of drug-likeness (QED) is 0.663. The molecule has 0 bridgehead atoms. The van der Waals surface area contributed by atoms with E-state index in [0.717, 1.165) is 17.5 Å². The lowest BCUT2D eigenvalue weighted by atomic mass is 10.0. The molecule has 0 heterocycles. The molecule has 2 aromatic carbocycles. The first-order chi connectivity index (χ1) is 14.3. The van der Waals surface area contributed by atoms with E-state index in [0.29, 0.717) is 24.1 Å². The lowest BCUT2D eigenvalue weighted by Gasteiger charge is -2.18. The van der Waals surface area contributed by atoms with Gasteiger partial charge in [0, 0.05) is 37.3 Å². The fourth-order valence-corrected chi connectivity index (χ4v) is 4.25. The number of rotatable bonds is 7. The Balaban J connectivity index is 1.60. The SMILES string of the molecule is Cc1ccc(S(=O)(=O)N(C)Cc2ccc(C(=O)NNC3=CC(=O)CCC3)cc2)cc1. The van der Waals surface area contributed by atoms with Crippen LogP contribution in [0, 0.1) is 6.92 Å². The number of carbonyl (C=O) groups is 2. The van der Waals surface area contributed by atoms with Gasteiger partial charge in [-0.15, -0.1) is 0 Å². The summed E-state index contributed by atoms with van der Waals surface area (Å²) in [7, 11) is -2.07. The Morgan fingerprint density at radius 1 is 1.03 bits per heavy atom. The summed E-state index contributed by atoms with van der Waals surface area (Å²) in [4.78, 5) is 23.9. The van der Waals surface area contributed by atoms with Gasteiger partial charge in [0.05, 0.1) is 4.90 Å². The fraction of sp³-hybridized carbons (Fsp3) is 0.273. The molecule has 0 aromatic heterocycles. The van der Waals surface area contributed by atoms with Crippen LogP contribution >= 0.6 is 0 Å². The largest absolute Gasteiger partial charge is 0.302 e. The number of hydrazine groups is 1. The number of sulfonamides is 1. The van der Waals surface area contributed by atoms with Crippen molar-refractivity contribution in [3.05, 3.63) is 77.0 Å². The van der Waals surface area contributed by atoms with Crippen LogP contribution in [0.2, 0.25) is 0 Å². The summed E-state index contributed by atoms with van der Waals surface area (Å²) in [6.07, 6.45) is 3.53. The molecule has 0 spiro atoms. The highest BCUT2D eigenvalue weighted by Gasteiger charge is 2.20. The number of ketones is 1. The third-order valence-corrected chi connectivity index (χ3v) is 6.71. The van der Waals surface area contributed by atoms with Gasteiger partial charge in [-0.1, -0.05) is 29.8 Å². The first-order valence-corrected chi connectivity index (χ1v) is 11.1. The third kappa shape index (κ3) is 5.34. The highest BCUT2D eigenvalue weighted by molar-refractivity contribution is 7.89. The number of hydrogen-bond donors (Lipinski definition) is 2. The number of nitrogens with one attached hydrogen (secondary N) is 2. The molecule has 0 atom stereocenters. The summed E-state index contributed by atoms with van der Waals surface area (Å²) in [5.41, 5.74) is 8.25. The number of hydrogen-bond acceptors (Lipinski definition) is 5. The molecule has 8 heteroatoms. The molecule has 2 N–H and O–H groups in total. The number of allylic oxidation sites excluding steroid dienone is 2. The van der Waals surface area contributed by atoms with Crippen LogP contribution in [0.25, 0.3) is 0 Å². The molecule has 0 unspecified atom stereocenters. The number of benzene rings is 2. The minimum atomic E-state index is -3.60. The summed E-state index contributed by atoms with van der Waals surface area (Å²) in [6, 6.07) is 13.4. The molecule has 1 aliphatic carbocycles. The van der Waals surface area contributed by atoms with E-state index in [1.165, 1.54) is 17.4 Å². The lowest BCUT2D eigenvalue weighted by molar-refractivity contribution is -0.115. The van der Waals surface area contributed by atoms with E-state index in [1.54, 1.807) is 48.5 Å². The van der Waals surface area contributed by atoms with Gasteiger partial charge in [0.2, 0.25) is 10.0 Å². The monoisotopic (exact) mass is 427 g/mol. The number of carbonyl (C=O) groups excluding carboxylic acids is 2. The topological polar surface area (TPSA) is 95.6 Å². The van der Waals surface area contributed by atoms with E-state index in [2.05, 4.69) is 10.9 Å². The number of amides is 1. The maximum Gasteiger partial charge on any atom is 0.269 e. The molecular weight excluding hydrogens is 402 g/mol. The standard InChI is InChI=1S/C22H25N3O4S/c1-16-6-12-21(13-7-16)30(28,29)25(2)15-17-8-10-18(11-9-17)22(27)24-23-19-4-3-5-20(26)14-19/h6-14,23H,3-5,15H2,1-2H3,(H,24,27). The summed E-state index contributed by atoms with van der Waals surface area (Å²) >= 11 is 0. The maximum absolute atomic E-state index is 12.7. The van der Waals surface area contributed by atoms with Crippen LogP contribution in [0.4, 0.5) is 0 Å². The molecule has 30 heavy (non-hydrogen) atoms. The predicted molar refractivity (Wildman–Crippen MR) is 114 cm³/mol. The highest BCUT2D eigenvalue weighted by atomic mass is 32.2. The van der Waals surface area contributed by atoms with Crippen molar-refractivity contribution in [2.75, 3.05) is 7.05 Å². The van der Waals surface area contributed by atoms with Gasteiger partial charge >= 0.3 is 0 Å². The molecule has 0 radical (unpaired) electrons. The van der Waals surface area contributed by atoms with Crippen molar-refractivity contribution in [2.45, 2.75) is 37.6 Å². The van der Waals surface area contributed by atoms with E-state index in [4.69, 9.17) is 0 Å². The van der Waals surface area contributed by atoms with Gasteiger partial charge in [-0.25, -0.2) is 8.42 Å². The van der Waals surface area contributed by atoms with E-state index in [9.17, 15) is 18.0 Å². The normalized spacial score (nSPS) is 14.4. The van der Waals surface area contributed by atoms with E-state index in [-0.39, 0.29) is 23.1 Å². The van der Waals surface area contributed by atoms with E-state index in [1.807, 2.05) is 6.92 Å². The van der Waals surface area contributed by atoms with Gasteiger partial charge in [-0.05, 0) is 49.6 Å². The Morgan fingerprint density at radius 3 is 2.33 bits per heavy atom. The highest BCUT2D eigenvalue weighted by Crippen LogP contribution is 2.18. The molecule has 1 aliphatic rings. The maximum atomic E-state index is 12.7. The summed E-state index contributed by atoms with van der Waals surface area (Å²) in [5, 5.41) is 0. The second kappa shape index (κ2) is 9.23. The lowest BCUT2D eigenvalue weighted by Crippen LogP contribution is -2.37. The average molecular weight is 428 g/mol. The minimum absolute atomic E-state index is 0.0482. The van der Waals surface area contributed by atoms with Crippen LogP contribution in [0.1, 0.15) is 40.7 Å². The Bertz CT molecular complexity index is 1060. The molecule has 1 amide bonds. The zero-order valence-corrected chi connectivity index (χ0v) is 17.8. The van der Waals surface area contributed by atoms with Crippen LogP contribution in [0.15, 0.2) is 65.2 Å². The summed E-state index contributed by atoms with van der Waals surface area (Å²) in [6.45, 7) is 2.09. The zero-order valence-electron chi connectivity index (χ0n) is 17.0. The van der Waals surface area contributed by atoms with Crippen LogP contribution < -0.4 is 10.9 Å². The number of nitrogens with zero attached hydrogens (tertiary/aromatic N) is 1. The third-order valence-electron chi connectivity index (χ3n) is 4.89. The second-order valence-electron chi connectivity index (χ2n) is 7.34. The molecule has 158 valence electrons. The van der Waals surface area contributed by atoms with Gasteiger partial charge in [-0.3, -0.25) is 15.0 Å². The van der Waals surface area contributed by atoms with Crippen LogP contribution in [0.5, 0.6) is 0 Å². The Labute approximate surface area is 176 Å². The van der Waals surface area contributed by atoms with Crippen molar-refractivity contribution in [2.24, 2.45) is 0 Å². The predicted octanol–water partition coefficient (Wildman–Crippen LogP) is 2.69. The van der Waals surface area contributed by atoms with E-state index < -0.39 is 10.0 Å². The Morgan fingerprint density at radius 2 is 1.70 bits per heavy atom. The second-order valence-corrected chi connectivity index (χ2v) is 9.38. The zero-order chi connectivity index (χ0) is 21.7. The summed E-state index contributed by atoms with van der Waals surface area (Å²) < 4.78 is 26.7. The molecule has 2 aromatic rings. The average Bonchev–Trinajstić information content (AvgIpc) is 2.73. The number of aryl methyl sites for hydroxylation is 1. The Kier molecular flexibility index (Phi) is 6.69. The molecule has 0 saturated heterocycles. The van der Waals surface area contributed by atoms with Crippen LogP contribution in [0.3, 0.4) is 0 Å². The first-order valence-electron chi connectivity index (χ1n) is 9.67. The molecule has 0 aliphatic heterocycles. The minimum Gasteiger partial charge on any atom is -0.302 e. The van der Waals surface area contributed by atoms with Gasteiger partial charge in [-0.2, -0.15) is 4.31 Å². The van der Waals surface area contributed by atoms with E-state index >= 15 is 0 Å². The van der Waals surface area contributed by atoms with Gasteiger partial charge in [0.25, 0.3) is 5.91 Å². The molecule has 7 nitrogen and oxygen atoms in total. The smallest absolute Gasteiger partial charge is 0.269 e. The molecule has 0 fully saturated rings. The van der Waals surface area contributed by atoms with Gasteiger partial charge in [0.1, 0.15) is 0 Å². The fourth-order valence-electron chi connectivity index (χ4n) is 3.09. The molecule has 0 saturated carbocycles. The first kappa shape index (κ1) is 21.7. The van der Waals surface area contributed by atoms with Crippen molar-refractivity contribution < 1.29 is 18.0 Å². The molecule has 3 rings (SSSR count). The molecular formula is C22H25N3O4S. The van der Waals surface area contributed by atoms with Crippen LogP contribution in [-0.2, 0) is 21.4 Å². The van der Waals surface area contributed by atoms with Crippen molar-refractivity contribution >= 4 is 21.7 Å². The van der Waals surface area contributed by atoms with Crippen molar-refractivity contribution in [3.63, 3.8) is 0 Å². The van der Waals surface area contributed by atoms with Crippen molar-refractivity contribution in [1.29, 1.82) is 0 Å². The van der Waals surface area contributed by atoms with Gasteiger partial charge in [0.15, 0.2) is 5.78 Å². The van der Waals surface area contributed by atoms with Gasteiger partial charge < -0.3 is 5.43 Å².